The highest BCUT2D eigenvalue weighted by atomic mass is 16.2. The van der Waals surface area contributed by atoms with Crippen molar-refractivity contribution >= 4 is 27.6 Å². The Morgan fingerprint density at radius 2 is 2.05 bits per heavy atom. The molecule has 6 heteroatoms. The maximum Gasteiger partial charge on any atom is 0.124 e. The second-order valence-electron chi connectivity index (χ2n) is 5.29. The van der Waals surface area contributed by atoms with Crippen molar-refractivity contribution in [3.05, 3.63) is 24.4 Å². The van der Waals surface area contributed by atoms with E-state index in [1.165, 1.54) is 0 Å². The molecule has 110 valence electrons. The Bertz CT molecular complexity index is 767. The van der Waals surface area contributed by atoms with E-state index in [-0.39, 0.29) is 12.6 Å². The van der Waals surface area contributed by atoms with E-state index in [1.54, 1.807) is 11.0 Å². The maximum absolute atomic E-state index is 8.94. The molecular weight excluding hydrogens is 266 g/mol. The van der Waals surface area contributed by atoms with Crippen LogP contribution in [0.5, 0.6) is 0 Å². The molecule has 0 amide bonds. The highest BCUT2D eigenvalue weighted by Gasteiger charge is 2.12. The number of hydrogen-bond donors (Lipinski definition) is 2. The second kappa shape index (κ2) is 5.65. The van der Waals surface area contributed by atoms with Crippen LogP contribution < -0.4 is 5.32 Å². The van der Waals surface area contributed by atoms with Gasteiger partial charge in [-0.25, -0.2) is 0 Å². The number of rotatable bonds is 5. The lowest BCUT2D eigenvalue weighted by atomic mass is 10.1. The van der Waals surface area contributed by atoms with Gasteiger partial charge in [0.15, 0.2) is 0 Å². The number of aliphatic hydroxyl groups is 1. The van der Waals surface area contributed by atoms with E-state index >= 15 is 0 Å². The van der Waals surface area contributed by atoms with Gasteiger partial charge in [0.1, 0.15) is 11.0 Å². The van der Waals surface area contributed by atoms with Crippen molar-refractivity contribution in [2.75, 3.05) is 11.9 Å². The molecule has 0 aliphatic carbocycles. The van der Waals surface area contributed by atoms with Gasteiger partial charge in [0.2, 0.25) is 0 Å². The Morgan fingerprint density at radius 1 is 1.24 bits per heavy atom. The van der Waals surface area contributed by atoms with Gasteiger partial charge in [-0.05, 0) is 38.0 Å². The molecule has 0 saturated carbocycles. The number of nitrogens with zero attached hydrogens (tertiary/aromatic N) is 4. The number of nitrogens with one attached hydrogen (secondary N) is 1. The molecular formula is C15H19N5O. The minimum atomic E-state index is 0.220. The summed E-state index contributed by atoms with van der Waals surface area (Å²) in [5.74, 6) is 0. The molecule has 1 atom stereocenters. The lowest BCUT2D eigenvalue weighted by Gasteiger charge is -2.16. The number of pyridine rings is 1. The number of aromatic nitrogens is 4. The van der Waals surface area contributed by atoms with Gasteiger partial charge in [0.05, 0.1) is 10.9 Å². The SMILES string of the molecule is CC(CCCO)Nc1ccnc2ccc3nn(C)nc3c12. The molecule has 0 fully saturated rings. The Morgan fingerprint density at radius 3 is 2.86 bits per heavy atom. The van der Waals surface area contributed by atoms with Crippen molar-refractivity contribution < 1.29 is 5.11 Å². The topological polar surface area (TPSA) is 75.9 Å². The molecule has 1 unspecified atom stereocenters. The van der Waals surface area contributed by atoms with Gasteiger partial charge in [-0.3, -0.25) is 4.98 Å². The van der Waals surface area contributed by atoms with Crippen molar-refractivity contribution in [1.29, 1.82) is 0 Å². The van der Waals surface area contributed by atoms with E-state index in [4.69, 9.17) is 5.11 Å². The number of benzene rings is 1. The summed E-state index contributed by atoms with van der Waals surface area (Å²) < 4.78 is 0. The molecule has 2 aromatic heterocycles. The summed E-state index contributed by atoms with van der Waals surface area (Å²) in [6, 6.07) is 6.15. The molecule has 0 aliphatic rings. The van der Waals surface area contributed by atoms with E-state index in [1.807, 2.05) is 25.2 Å². The van der Waals surface area contributed by atoms with Crippen LogP contribution in [0.15, 0.2) is 24.4 Å². The molecule has 6 nitrogen and oxygen atoms in total. The van der Waals surface area contributed by atoms with Crippen LogP contribution in [0, 0.1) is 0 Å². The van der Waals surface area contributed by atoms with Crippen molar-refractivity contribution in [2.24, 2.45) is 7.05 Å². The molecule has 1 aromatic carbocycles. The summed E-state index contributed by atoms with van der Waals surface area (Å²) in [6.07, 6.45) is 3.50. The first-order chi connectivity index (χ1) is 10.2. The molecule has 0 aliphatic heterocycles. The van der Waals surface area contributed by atoms with Crippen molar-refractivity contribution in [3.8, 4) is 0 Å². The summed E-state index contributed by atoms with van der Waals surface area (Å²) in [5.41, 5.74) is 3.64. The highest BCUT2D eigenvalue weighted by Crippen LogP contribution is 2.28. The standard InChI is InChI=1S/C15H19N5O/c1-10(4-3-9-21)17-12-7-8-16-11-5-6-13-15(14(11)12)19-20(2)18-13/h5-8,10,21H,3-4,9H2,1-2H3,(H,16,17). The van der Waals surface area contributed by atoms with Crippen LogP contribution >= 0.6 is 0 Å². The zero-order valence-electron chi connectivity index (χ0n) is 12.2. The minimum Gasteiger partial charge on any atom is -0.396 e. The third-order valence-corrected chi connectivity index (χ3v) is 3.55. The van der Waals surface area contributed by atoms with Gasteiger partial charge in [-0.15, -0.1) is 0 Å². The molecule has 3 rings (SSSR count). The van der Waals surface area contributed by atoms with Crippen LogP contribution in [0.25, 0.3) is 21.9 Å². The number of fused-ring (bicyclic) bond motifs is 3. The molecule has 0 saturated heterocycles. The first-order valence-corrected chi connectivity index (χ1v) is 7.15. The Balaban J connectivity index is 2.07. The highest BCUT2D eigenvalue weighted by molar-refractivity contribution is 6.08. The van der Waals surface area contributed by atoms with E-state index in [0.29, 0.717) is 0 Å². The van der Waals surface area contributed by atoms with Crippen LogP contribution in [0.1, 0.15) is 19.8 Å². The molecule has 0 bridgehead atoms. The van der Waals surface area contributed by atoms with Crippen molar-refractivity contribution in [3.63, 3.8) is 0 Å². The van der Waals surface area contributed by atoms with Crippen LogP contribution in [0.3, 0.4) is 0 Å². The van der Waals surface area contributed by atoms with Crippen molar-refractivity contribution in [1.82, 2.24) is 20.0 Å². The van der Waals surface area contributed by atoms with E-state index in [2.05, 4.69) is 27.4 Å². The summed E-state index contributed by atoms with van der Waals surface area (Å²) in [6.45, 7) is 2.33. The number of aryl methyl sites for hydroxylation is 1. The summed E-state index contributed by atoms with van der Waals surface area (Å²) in [4.78, 5) is 5.99. The fraction of sp³-hybridized carbons (Fsp3) is 0.400. The average molecular weight is 285 g/mol. The molecule has 0 radical (unpaired) electrons. The lowest BCUT2D eigenvalue weighted by molar-refractivity contribution is 0.282. The second-order valence-corrected chi connectivity index (χ2v) is 5.29. The molecule has 21 heavy (non-hydrogen) atoms. The van der Waals surface area contributed by atoms with Gasteiger partial charge in [0, 0.05) is 31.6 Å². The van der Waals surface area contributed by atoms with Gasteiger partial charge in [0.25, 0.3) is 0 Å². The fourth-order valence-electron chi connectivity index (χ4n) is 2.58. The first kappa shape index (κ1) is 13.8. The van der Waals surface area contributed by atoms with E-state index < -0.39 is 0 Å². The Labute approximate surface area is 122 Å². The van der Waals surface area contributed by atoms with E-state index in [9.17, 15) is 0 Å². The van der Waals surface area contributed by atoms with Gasteiger partial charge >= 0.3 is 0 Å². The average Bonchev–Trinajstić information content (AvgIpc) is 2.85. The van der Waals surface area contributed by atoms with Gasteiger partial charge in [-0.2, -0.15) is 15.0 Å². The summed E-state index contributed by atoms with van der Waals surface area (Å²) in [7, 11) is 1.82. The quantitative estimate of drug-likeness (QED) is 0.750. The van der Waals surface area contributed by atoms with Gasteiger partial charge in [-0.1, -0.05) is 0 Å². The number of hydrogen-bond acceptors (Lipinski definition) is 5. The zero-order valence-corrected chi connectivity index (χ0v) is 12.2. The number of aliphatic hydroxyl groups excluding tert-OH is 1. The van der Waals surface area contributed by atoms with Crippen LogP contribution in [0.4, 0.5) is 5.69 Å². The minimum absolute atomic E-state index is 0.220. The Hall–Kier alpha value is -2.21. The third-order valence-electron chi connectivity index (χ3n) is 3.55. The van der Waals surface area contributed by atoms with Crippen LogP contribution in [0.2, 0.25) is 0 Å². The normalized spacial score (nSPS) is 12.9. The maximum atomic E-state index is 8.94. The van der Waals surface area contributed by atoms with Crippen molar-refractivity contribution in [2.45, 2.75) is 25.8 Å². The van der Waals surface area contributed by atoms with Crippen LogP contribution in [-0.4, -0.2) is 37.7 Å². The molecule has 0 spiro atoms. The monoisotopic (exact) mass is 285 g/mol. The van der Waals surface area contributed by atoms with Gasteiger partial charge < -0.3 is 10.4 Å². The molecule has 2 heterocycles. The molecule has 3 aromatic rings. The summed E-state index contributed by atoms with van der Waals surface area (Å²) >= 11 is 0. The molecule has 2 N–H and O–H groups in total. The predicted octanol–water partition coefficient (Wildman–Crippen LogP) is 2.09. The largest absolute Gasteiger partial charge is 0.396 e. The third kappa shape index (κ3) is 2.67. The summed E-state index contributed by atoms with van der Waals surface area (Å²) in [5, 5.41) is 22.2. The zero-order chi connectivity index (χ0) is 14.8. The predicted molar refractivity (Wildman–Crippen MR) is 83.2 cm³/mol. The van der Waals surface area contributed by atoms with E-state index in [0.717, 1.165) is 40.5 Å². The van der Waals surface area contributed by atoms with Crippen LogP contribution in [-0.2, 0) is 7.05 Å². The lowest BCUT2D eigenvalue weighted by Crippen LogP contribution is -2.15. The fourth-order valence-corrected chi connectivity index (χ4v) is 2.58. The smallest absolute Gasteiger partial charge is 0.124 e. The Kier molecular flexibility index (Phi) is 3.70. The first-order valence-electron chi connectivity index (χ1n) is 7.15. The number of anilines is 1.